The molecule has 78 valence electrons. The van der Waals surface area contributed by atoms with Crippen molar-refractivity contribution in [2.75, 3.05) is 13.1 Å². The van der Waals surface area contributed by atoms with Crippen molar-refractivity contribution in [2.45, 2.75) is 18.8 Å². The van der Waals surface area contributed by atoms with Crippen LogP contribution < -0.4 is 5.32 Å². The van der Waals surface area contributed by atoms with Crippen LogP contribution in [0.25, 0.3) is 10.9 Å². The molecule has 1 aliphatic heterocycles. The highest BCUT2D eigenvalue weighted by Gasteiger charge is 2.15. The molecule has 0 aliphatic carbocycles. The summed E-state index contributed by atoms with van der Waals surface area (Å²) in [5.41, 5.74) is 2.35. The van der Waals surface area contributed by atoms with Crippen molar-refractivity contribution in [3.8, 4) is 0 Å². The molecule has 1 aromatic heterocycles. The molecule has 1 unspecified atom stereocenters. The smallest absolute Gasteiger partial charge is 0.131 e. The van der Waals surface area contributed by atoms with E-state index in [-0.39, 0.29) is 0 Å². The third-order valence-corrected chi connectivity index (χ3v) is 3.15. The standard InChI is InChI=1S/C12H14N2O/c1-2-10(7-13-5-1)9-3-4-12-11(6-9)8-15-14-12/h3-4,6,8,10,13H,1-2,5,7H2. The van der Waals surface area contributed by atoms with Gasteiger partial charge in [0.2, 0.25) is 0 Å². The third kappa shape index (κ3) is 1.63. The second-order valence-corrected chi connectivity index (χ2v) is 4.18. The van der Waals surface area contributed by atoms with Crippen LogP contribution in [-0.2, 0) is 0 Å². The van der Waals surface area contributed by atoms with Gasteiger partial charge in [-0.15, -0.1) is 0 Å². The van der Waals surface area contributed by atoms with Gasteiger partial charge < -0.3 is 9.84 Å². The van der Waals surface area contributed by atoms with Gasteiger partial charge in [0.1, 0.15) is 11.8 Å². The minimum atomic E-state index is 0.651. The van der Waals surface area contributed by atoms with Gasteiger partial charge in [0.05, 0.1) is 0 Å². The van der Waals surface area contributed by atoms with Crippen molar-refractivity contribution in [2.24, 2.45) is 0 Å². The lowest BCUT2D eigenvalue weighted by Crippen LogP contribution is -2.28. The molecule has 1 fully saturated rings. The molecular formula is C12H14N2O. The van der Waals surface area contributed by atoms with Crippen molar-refractivity contribution < 1.29 is 4.52 Å². The molecule has 2 aromatic rings. The Kier molecular flexibility index (Phi) is 2.18. The molecule has 2 heterocycles. The van der Waals surface area contributed by atoms with Crippen molar-refractivity contribution in [1.29, 1.82) is 0 Å². The summed E-state index contributed by atoms with van der Waals surface area (Å²) in [6, 6.07) is 6.41. The Labute approximate surface area is 88.4 Å². The molecule has 3 rings (SSSR count). The molecule has 0 spiro atoms. The zero-order chi connectivity index (χ0) is 10.1. The second-order valence-electron chi connectivity index (χ2n) is 4.18. The Morgan fingerprint density at radius 3 is 3.27 bits per heavy atom. The normalized spacial score (nSPS) is 22.0. The monoisotopic (exact) mass is 202 g/mol. The minimum Gasteiger partial charge on any atom is -0.364 e. The van der Waals surface area contributed by atoms with E-state index in [1.807, 2.05) is 6.07 Å². The number of hydrogen-bond acceptors (Lipinski definition) is 3. The number of benzene rings is 1. The highest BCUT2D eigenvalue weighted by Crippen LogP contribution is 2.25. The van der Waals surface area contributed by atoms with Crippen LogP contribution in [0.15, 0.2) is 29.0 Å². The summed E-state index contributed by atoms with van der Waals surface area (Å²) >= 11 is 0. The zero-order valence-corrected chi connectivity index (χ0v) is 8.57. The van der Waals surface area contributed by atoms with E-state index < -0.39 is 0 Å². The highest BCUT2D eigenvalue weighted by atomic mass is 16.5. The van der Waals surface area contributed by atoms with Gasteiger partial charge in [0, 0.05) is 11.9 Å². The van der Waals surface area contributed by atoms with E-state index >= 15 is 0 Å². The van der Waals surface area contributed by atoms with Gasteiger partial charge in [-0.2, -0.15) is 0 Å². The number of fused-ring (bicyclic) bond motifs is 1. The summed E-state index contributed by atoms with van der Waals surface area (Å²) < 4.78 is 4.94. The molecule has 3 nitrogen and oxygen atoms in total. The number of nitrogens with zero attached hydrogens (tertiary/aromatic N) is 1. The Morgan fingerprint density at radius 1 is 1.40 bits per heavy atom. The lowest BCUT2D eigenvalue weighted by atomic mass is 9.91. The SMILES string of the molecule is c1cc2nocc2cc1C1CCCNC1. The summed E-state index contributed by atoms with van der Waals surface area (Å²) in [6.45, 7) is 2.25. The van der Waals surface area contributed by atoms with Crippen LogP contribution in [0, 0.1) is 0 Å². The van der Waals surface area contributed by atoms with E-state index in [0.717, 1.165) is 24.0 Å². The van der Waals surface area contributed by atoms with Crippen molar-refractivity contribution in [3.63, 3.8) is 0 Å². The van der Waals surface area contributed by atoms with Crippen LogP contribution in [0.3, 0.4) is 0 Å². The first kappa shape index (κ1) is 8.92. The molecule has 1 atom stereocenters. The number of aromatic nitrogens is 1. The molecule has 1 aromatic carbocycles. The van der Waals surface area contributed by atoms with Gasteiger partial charge in [-0.3, -0.25) is 0 Å². The van der Waals surface area contributed by atoms with E-state index in [1.165, 1.54) is 18.4 Å². The average molecular weight is 202 g/mol. The molecule has 1 aliphatic rings. The molecule has 0 radical (unpaired) electrons. The van der Waals surface area contributed by atoms with Crippen LogP contribution >= 0.6 is 0 Å². The van der Waals surface area contributed by atoms with Gasteiger partial charge in [-0.05, 0) is 43.0 Å². The van der Waals surface area contributed by atoms with Crippen molar-refractivity contribution in [1.82, 2.24) is 10.5 Å². The van der Waals surface area contributed by atoms with E-state index in [1.54, 1.807) is 6.26 Å². The number of rotatable bonds is 1. The first-order valence-electron chi connectivity index (χ1n) is 5.48. The van der Waals surface area contributed by atoms with Crippen molar-refractivity contribution >= 4 is 10.9 Å². The number of piperidine rings is 1. The number of nitrogens with one attached hydrogen (secondary N) is 1. The van der Waals surface area contributed by atoms with Crippen LogP contribution in [0.4, 0.5) is 0 Å². The molecule has 1 saturated heterocycles. The van der Waals surface area contributed by atoms with Crippen LogP contribution in [0.1, 0.15) is 24.3 Å². The maximum absolute atomic E-state index is 4.94. The summed E-state index contributed by atoms with van der Waals surface area (Å²) in [5.74, 6) is 0.651. The van der Waals surface area contributed by atoms with E-state index in [9.17, 15) is 0 Å². The Morgan fingerprint density at radius 2 is 2.40 bits per heavy atom. The molecule has 15 heavy (non-hydrogen) atoms. The van der Waals surface area contributed by atoms with E-state index in [4.69, 9.17) is 4.52 Å². The molecule has 0 amide bonds. The molecule has 3 heteroatoms. The largest absolute Gasteiger partial charge is 0.364 e. The fraction of sp³-hybridized carbons (Fsp3) is 0.417. The molecule has 1 N–H and O–H groups in total. The first-order valence-corrected chi connectivity index (χ1v) is 5.48. The van der Waals surface area contributed by atoms with Gasteiger partial charge in [0.25, 0.3) is 0 Å². The fourth-order valence-corrected chi connectivity index (χ4v) is 2.28. The van der Waals surface area contributed by atoms with Gasteiger partial charge in [-0.25, -0.2) is 0 Å². The highest BCUT2D eigenvalue weighted by molar-refractivity contribution is 5.77. The van der Waals surface area contributed by atoms with Crippen LogP contribution in [-0.4, -0.2) is 18.2 Å². The maximum atomic E-state index is 4.94. The maximum Gasteiger partial charge on any atom is 0.131 e. The predicted octanol–water partition coefficient (Wildman–Crippen LogP) is 2.29. The lowest BCUT2D eigenvalue weighted by Gasteiger charge is -2.22. The summed E-state index contributed by atoms with van der Waals surface area (Å²) in [4.78, 5) is 0. The third-order valence-electron chi connectivity index (χ3n) is 3.15. The Hall–Kier alpha value is -1.35. The Balaban J connectivity index is 1.95. The molecule has 0 bridgehead atoms. The van der Waals surface area contributed by atoms with Crippen LogP contribution in [0.2, 0.25) is 0 Å². The zero-order valence-electron chi connectivity index (χ0n) is 8.57. The quantitative estimate of drug-likeness (QED) is 0.771. The second kappa shape index (κ2) is 3.66. The summed E-state index contributed by atoms with van der Waals surface area (Å²) in [5, 5.41) is 8.46. The molecule has 0 saturated carbocycles. The van der Waals surface area contributed by atoms with E-state index in [2.05, 4.69) is 22.6 Å². The summed E-state index contributed by atoms with van der Waals surface area (Å²) in [7, 11) is 0. The fourth-order valence-electron chi connectivity index (χ4n) is 2.28. The van der Waals surface area contributed by atoms with E-state index in [0.29, 0.717) is 5.92 Å². The first-order chi connectivity index (χ1) is 7.43. The summed E-state index contributed by atoms with van der Waals surface area (Å²) in [6.07, 6.45) is 4.27. The predicted molar refractivity (Wildman–Crippen MR) is 58.9 cm³/mol. The molecular weight excluding hydrogens is 188 g/mol. The van der Waals surface area contributed by atoms with Crippen LogP contribution in [0.5, 0.6) is 0 Å². The Bertz CT molecular complexity index is 457. The number of hydrogen-bond donors (Lipinski definition) is 1. The van der Waals surface area contributed by atoms with Gasteiger partial charge in [-0.1, -0.05) is 11.2 Å². The van der Waals surface area contributed by atoms with Gasteiger partial charge >= 0.3 is 0 Å². The minimum absolute atomic E-state index is 0.651. The van der Waals surface area contributed by atoms with Crippen molar-refractivity contribution in [3.05, 3.63) is 30.0 Å². The lowest BCUT2D eigenvalue weighted by molar-refractivity contribution is 0.428. The topological polar surface area (TPSA) is 38.1 Å². The van der Waals surface area contributed by atoms with Gasteiger partial charge in [0.15, 0.2) is 0 Å². The average Bonchev–Trinajstić information content (AvgIpc) is 2.77.